The second kappa shape index (κ2) is 9.65. The van der Waals surface area contributed by atoms with Crippen molar-refractivity contribution in [2.45, 2.75) is 45.3 Å². The van der Waals surface area contributed by atoms with Gasteiger partial charge in [0.1, 0.15) is 6.10 Å². The van der Waals surface area contributed by atoms with Crippen molar-refractivity contribution in [1.82, 2.24) is 0 Å². The third-order valence-corrected chi connectivity index (χ3v) is 2.13. The summed E-state index contributed by atoms with van der Waals surface area (Å²) < 4.78 is 15.0. The molecule has 0 heterocycles. The molecule has 1 unspecified atom stereocenters. The van der Waals surface area contributed by atoms with E-state index in [2.05, 4.69) is 6.58 Å². The summed E-state index contributed by atoms with van der Waals surface area (Å²) in [4.78, 5) is 22.5. The topological polar surface area (TPSA) is 61.8 Å². The number of hydrogen-bond donors (Lipinski definition) is 0. The van der Waals surface area contributed by atoms with Crippen LogP contribution in [0.1, 0.15) is 33.1 Å². The van der Waals surface area contributed by atoms with E-state index in [-0.39, 0.29) is 24.6 Å². The number of esters is 2. The van der Waals surface area contributed by atoms with Gasteiger partial charge in [0.25, 0.3) is 0 Å². The maximum Gasteiger partial charge on any atom is 0.330 e. The van der Waals surface area contributed by atoms with Gasteiger partial charge in [-0.2, -0.15) is 0 Å². The summed E-state index contributed by atoms with van der Waals surface area (Å²) in [7, 11) is 1.57. The molecule has 5 nitrogen and oxygen atoms in total. The number of ether oxygens (including phenoxy) is 3. The zero-order chi connectivity index (χ0) is 14.0. The van der Waals surface area contributed by atoms with Crippen molar-refractivity contribution in [3.63, 3.8) is 0 Å². The van der Waals surface area contributed by atoms with Crippen molar-refractivity contribution in [2.24, 2.45) is 0 Å². The van der Waals surface area contributed by atoms with Crippen LogP contribution < -0.4 is 0 Å². The first-order valence-electron chi connectivity index (χ1n) is 6.01. The lowest BCUT2D eigenvalue weighted by atomic mass is 10.1. The molecule has 0 aromatic heterocycles. The predicted octanol–water partition coefficient (Wildman–Crippen LogP) is 1.85. The quantitative estimate of drug-likeness (QED) is 0.466. The maximum absolute atomic E-state index is 11.4. The van der Waals surface area contributed by atoms with Crippen molar-refractivity contribution in [3.8, 4) is 0 Å². The van der Waals surface area contributed by atoms with E-state index in [9.17, 15) is 9.59 Å². The van der Waals surface area contributed by atoms with Crippen LogP contribution in [-0.4, -0.2) is 37.9 Å². The molecule has 0 fully saturated rings. The highest BCUT2D eigenvalue weighted by Gasteiger charge is 2.15. The van der Waals surface area contributed by atoms with Gasteiger partial charge in [0.2, 0.25) is 0 Å². The Labute approximate surface area is 108 Å². The van der Waals surface area contributed by atoms with E-state index in [4.69, 9.17) is 14.2 Å². The smallest absolute Gasteiger partial charge is 0.330 e. The highest BCUT2D eigenvalue weighted by molar-refractivity contribution is 5.81. The number of carbonyl (C=O) groups excluding carboxylic acids is 2. The van der Waals surface area contributed by atoms with Crippen LogP contribution in [0.3, 0.4) is 0 Å². The van der Waals surface area contributed by atoms with Crippen LogP contribution in [0.2, 0.25) is 0 Å². The molecule has 0 rings (SSSR count). The van der Waals surface area contributed by atoms with Crippen LogP contribution >= 0.6 is 0 Å². The van der Waals surface area contributed by atoms with Gasteiger partial charge in [0.05, 0.1) is 6.10 Å². The molecular formula is C13H22O5. The van der Waals surface area contributed by atoms with Gasteiger partial charge < -0.3 is 14.2 Å². The molecule has 0 amide bonds. The summed E-state index contributed by atoms with van der Waals surface area (Å²) in [5.41, 5.74) is 0. The molecule has 0 aromatic rings. The minimum atomic E-state index is -0.492. The highest BCUT2D eigenvalue weighted by atomic mass is 16.5. The second-order valence-corrected chi connectivity index (χ2v) is 4.12. The predicted molar refractivity (Wildman–Crippen MR) is 67.0 cm³/mol. The summed E-state index contributed by atoms with van der Waals surface area (Å²) in [6.45, 7) is 7.38. The fraction of sp³-hybridized carbons (Fsp3) is 0.692. The van der Waals surface area contributed by atoms with E-state index >= 15 is 0 Å². The van der Waals surface area contributed by atoms with Crippen molar-refractivity contribution in [1.29, 1.82) is 0 Å². The molecule has 0 spiro atoms. The molecule has 0 N–H and O–H groups in total. The lowest BCUT2D eigenvalue weighted by Crippen LogP contribution is -2.21. The van der Waals surface area contributed by atoms with E-state index in [1.54, 1.807) is 21.0 Å². The Morgan fingerprint density at radius 3 is 2.39 bits per heavy atom. The van der Waals surface area contributed by atoms with Crippen molar-refractivity contribution in [3.05, 3.63) is 12.7 Å². The molecule has 0 aliphatic rings. The third-order valence-electron chi connectivity index (χ3n) is 2.13. The van der Waals surface area contributed by atoms with Crippen LogP contribution in [0.15, 0.2) is 12.7 Å². The second-order valence-electron chi connectivity index (χ2n) is 4.12. The lowest BCUT2D eigenvalue weighted by Gasteiger charge is -2.16. The summed E-state index contributed by atoms with van der Waals surface area (Å²) in [6, 6.07) is 0. The third kappa shape index (κ3) is 8.75. The van der Waals surface area contributed by atoms with Crippen molar-refractivity contribution in [2.75, 3.05) is 13.7 Å². The summed E-state index contributed by atoms with van der Waals surface area (Å²) in [6.07, 6.45) is 1.81. The number of carbonyl (C=O) groups is 2. The summed E-state index contributed by atoms with van der Waals surface area (Å²) in [5.74, 6) is -0.782. The molecule has 18 heavy (non-hydrogen) atoms. The average molecular weight is 258 g/mol. The Kier molecular flexibility index (Phi) is 8.92. The van der Waals surface area contributed by atoms with Crippen LogP contribution in [-0.2, 0) is 23.8 Å². The van der Waals surface area contributed by atoms with E-state index in [1.807, 2.05) is 0 Å². The Balaban J connectivity index is 4.10. The zero-order valence-electron chi connectivity index (χ0n) is 11.3. The first-order valence-corrected chi connectivity index (χ1v) is 6.01. The molecule has 0 radical (unpaired) electrons. The van der Waals surface area contributed by atoms with E-state index in [0.717, 1.165) is 6.08 Å². The average Bonchev–Trinajstić information content (AvgIpc) is 2.31. The first kappa shape index (κ1) is 16.6. The lowest BCUT2D eigenvalue weighted by molar-refractivity contribution is -0.151. The zero-order valence-corrected chi connectivity index (χ0v) is 11.3. The maximum atomic E-state index is 11.4. The van der Waals surface area contributed by atoms with Crippen molar-refractivity contribution >= 4 is 11.9 Å². The van der Waals surface area contributed by atoms with Gasteiger partial charge in [-0.05, 0) is 20.3 Å². The first-order chi connectivity index (χ1) is 8.49. The molecule has 104 valence electrons. The minimum absolute atomic E-state index is 0.134. The molecule has 0 saturated carbocycles. The van der Waals surface area contributed by atoms with Gasteiger partial charge in [-0.3, -0.25) is 4.79 Å². The highest BCUT2D eigenvalue weighted by Crippen LogP contribution is 2.09. The molecule has 0 aliphatic heterocycles. The Bertz CT molecular complexity index is 273. The number of hydrogen-bond acceptors (Lipinski definition) is 5. The molecule has 0 aromatic carbocycles. The van der Waals surface area contributed by atoms with Gasteiger partial charge in [0, 0.05) is 32.6 Å². The van der Waals surface area contributed by atoms with E-state index in [1.165, 1.54) is 0 Å². The standard InChI is InChI=1S/C13H22O5/c1-5-12(14)18-11(8-9-16-4)6-7-13(15)17-10(2)3/h5,10-11H,1,6-9H2,2-4H3. The van der Waals surface area contributed by atoms with Gasteiger partial charge in [-0.25, -0.2) is 4.79 Å². The van der Waals surface area contributed by atoms with Crippen LogP contribution in [0, 0.1) is 0 Å². The number of rotatable bonds is 9. The Morgan fingerprint density at radius 2 is 1.89 bits per heavy atom. The van der Waals surface area contributed by atoms with Gasteiger partial charge in [0.15, 0.2) is 0 Å². The fourth-order valence-corrected chi connectivity index (χ4v) is 1.32. The monoisotopic (exact) mass is 258 g/mol. The summed E-state index contributed by atoms with van der Waals surface area (Å²) >= 11 is 0. The van der Waals surface area contributed by atoms with Crippen LogP contribution in [0.25, 0.3) is 0 Å². The minimum Gasteiger partial charge on any atom is -0.463 e. The van der Waals surface area contributed by atoms with E-state index in [0.29, 0.717) is 19.4 Å². The molecular weight excluding hydrogens is 236 g/mol. The SMILES string of the molecule is C=CC(=O)OC(CCOC)CCC(=O)OC(C)C. The molecule has 0 bridgehead atoms. The Morgan fingerprint density at radius 1 is 1.22 bits per heavy atom. The Hall–Kier alpha value is -1.36. The van der Waals surface area contributed by atoms with Gasteiger partial charge in [-0.15, -0.1) is 0 Å². The van der Waals surface area contributed by atoms with Gasteiger partial charge >= 0.3 is 11.9 Å². The largest absolute Gasteiger partial charge is 0.463 e. The van der Waals surface area contributed by atoms with Crippen molar-refractivity contribution < 1.29 is 23.8 Å². The fourth-order valence-electron chi connectivity index (χ4n) is 1.32. The number of methoxy groups -OCH3 is 1. The molecule has 5 heteroatoms. The van der Waals surface area contributed by atoms with Crippen LogP contribution in [0.4, 0.5) is 0 Å². The van der Waals surface area contributed by atoms with Gasteiger partial charge in [-0.1, -0.05) is 6.58 Å². The molecule has 0 aliphatic carbocycles. The summed E-state index contributed by atoms with van der Waals surface area (Å²) in [5, 5.41) is 0. The molecule has 1 atom stereocenters. The van der Waals surface area contributed by atoms with Crippen LogP contribution in [0.5, 0.6) is 0 Å². The van der Waals surface area contributed by atoms with E-state index < -0.39 is 5.97 Å². The molecule has 0 saturated heterocycles. The normalized spacial score (nSPS) is 12.0.